The van der Waals surface area contributed by atoms with Crippen LogP contribution >= 0.6 is 0 Å². The highest BCUT2D eigenvalue weighted by Crippen LogP contribution is 2.32. The summed E-state index contributed by atoms with van der Waals surface area (Å²) in [5.74, 6) is -1.33. The van der Waals surface area contributed by atoms with Crippen molar-refractivity contribution in [3.05, 3.63) is 33.9 Å². The van der Waals surface area contributed by atoms with Gasteiger partial charge in [-0.15, -0.1) is 0 Å². The summed E-state index contributed by atoms with van der Waals surface area (Å²) < 4.78 is 4.95. The fraction of sp³-hybridized carbons (Fsp3) is 0.462. The van der Waals surface area contributed by atoms with Gasteiger partial charge in [-0.1, -0.05) is 19.9 Å². The largest absolute Gasteiger partial charge is 0.490 e. The van der Waals surface area contributed by atoms with Crippen molar-refractivity contribution in [3.8, 4) is 5.75 Å². The fourth-order valence-corrected chi connectivity index (χ4v) is 1.91. The molecule has 1 rings (SSSR count). The van der Waals surface area contributed by atoms with Gasteiger partial charge in [0.15, 0.2) is 5.75 Å². The molecule has 0 heterocycles. The molecule has 0 saturated heterocycles. The summed E-state index contributed by atoms with van der Waals surface area (Å²) in [6.45, 7) is 3.86. The molecule has 6 nitrogen and oxygen atoms in total. The van der Waals surface area contributed by atoms with Crippen LogP contribution in [-0.4, -0.2) is 23.1 Å². The number of rotatable bonds is 6. The van der Waals surface area contributed by atoms with Gasteiger partial charge in [0.2, 0.25) is 0 Å². The SMILES string of the molecule is COc1cc(C(CC(C)C)C(=O)O)ccc1[N+](=O)[O-]. The van der Waals surface area contributed by atoms with Crippen LogP contribution in [0.1, 0.15) is 31.7 Å². The van der Waals surface area contributed by atoms with Crippen molar-refractivity contribution in [1.29, 1.82) is 0 Å². The molecule has 1 atom stereocenters. The number of benzene rings is 1. The number of methoxy groups -OCH3 is 1. The Hall–Kier alpha value is -2.11. The van der Waals surface area contributed by atoms with E-state index in [9.17, 15) is 20.0 Å². The molecular weight excluding hydrogens is 250 g/mol. The number of carbonyl (C=O) groups is 1. The molecule has 1 aromatic rings. The third-order valence-corrected chi connectivity index (χ3v) is 2.81. The standard InChI is InChI=1S/C13H17NO5/c1-8(2)6-10(13(15)16)9-4-5-11(14(17)18)12(7-9)19-3/h4-5,7-8,10H,6H2,1-3H3,(H,15,16). The number of nitro benzene ring substituents is 1. The van der Waals surface area contributed by atoms with Crippen molar-refractivity contribution in [1.82, 2.24) is 0 Å². The Labute approximate surface area is 111 Å². The summed E-state index contributed by atoms with van der Waals surface area (Å²) in [5.41, 5.74) is 0.351. The van der Waals surface area contributed by atoms with E-state index < -0.39 is 16.8 Å². The van der Waals surface area contributed by atoms with E-state index in [4.69, 9.17) is 4.74 Å². The van der Waals surface area contributed by atoms with E-state index in [0.717, 1.165) is 0 Å². The lowest BCUT2D eigenvalue weighted by molar-refractivity contribution is -0.385. The molecule has 0 spiro atoms. The van der Waals surface area contributed by atoms with Crippen LogP contribution in [0.3, 0.4) is 0 Å². The molecule has 0 amide bonds. The molecule has 19 heavy (non-hydrogen) atoms. The molecule has 0 fully saturated rings. The van der Waals surface area contributed by atoms with Crippen LogP contribution in [-0.2, 0) is 4.79 Å². The van der Waals surface area contributed by atoms with E-state index in [-0.39, 0.29) is 17.4 Å². The lowest BCUT2D eigenvalue weighted by atomic mass is 9.90. The summed E-state index contributed by atoms with van der Waals surface area (Å²) in [5, 5.41) is 20.0. The van der Waals surface area contributed by atoms with Crippen molar-refractivity contribution in [3.63, 3.8) is 0 Å². The van der Waals surface area contributed by atoms with Gasteiger partial charge in [-0.05, 0) is 24.0 Å². The fourth-order valence-electron chi connectivity index (χ4n) is 1.91. The first-order valence-electron chi connectivity index (χ1n) is 5.92. The predicted octanol–water partition coefficient (Wildman–Crippen LogP) is 2.82. The minimum Gasteiger partial charge on any atom is -0.490 e. The van der Waals surface area contributed by atoms with Crippen LogP contribution in [0.15, 0.2) is 18.2 Å². The van der Waals surface area contributed by atoms with Gasteiger partial charge in [-0.25, -0.2) is 0 Å². The molecule has 0 aliphatic rings. The van der Waals surface area contributed by atoms with Crippen molar-refractivity contribution in [2.45, 2.75) is 26.2 Å². The van der Waals surface area contributed by atoms with Crippen molar-refractivity contribution >= 4 is 11.7 Å². The van der Waals surface area contributed by atoms with E-state index in [1.807, 2.05) is 13.8 Å². The number of carboxylic acid groups (broad SMARTS) is 1. The molecule has 1 unspecified atom stereocenters. The minimum absolute atomic E-state index is 0.0810. The Balaban J connectivity index is 3.18. The van der Waals surface area contributed by atoms with Gasteiger partial charge in [-0.3, -0.25) is 14.9 Å². The summed E-state index contributed by atoms with van der Waals surface area (Å²) in [7, 11) is 1.32. The molecule has 0 bridgehead atoms. The Bertz CT molecular complexity index is 484. The number of hydrogen-bond donors (Lipinski definition) is 1. The molecular formula is C13H17NO5. The Morgan fingerprint density at radius 2 is 2.11 bits per heavy atom. The van der Waals surface area contributed by atoms with Crippen LogP contribution in [0.4, 0.5) is 5.69 Å². The van der Waals surface area contributed by atoms with Crippen LogP contribution in [0, 0.1) is 16.0 Å². The number of carboxylic acids is 1. The van der Waals surface area contributed by atoms with Crippen LogP contribution in [0.25, 0.3) is 0 Å². The predicted molar refractivity (Wildman–Crippen MR) is 69.5 cm³/mol. The van der Waals surface area contributed by atoms with E-state index in [0.29, 0.717) is 12.0 Å². The Morgan fingerprint density at radius 1 is 1.47 bits per heavy atom. The number of nitro groups is 1. The molecule has 1 aromatic carbocycles. The number of nitrogens with zero attached hydrogens (tertiary/aromatic N) is 1. The van der Waals surface area contributed by atoms with E-state index in [1.165, 1.54) is 25.3 Å². The highest BCUT2D eigenvalue weighted by molar-refractivity contribution is 5.76. The zero-order valence-corrected chi connectivity index (χ0v) is 11.1. The second-order valence-electron chi connectivity index (χ2n) is 4.71. The van der Waals surface area contributed by atoms with Crippen molar-refractivity contribution in [2.75, 3.05) is 7.11 Å². The average Bonchev–Trinajstić information content (AvgIpc) is 2.34. The lowest BCUT2D eigenvalue weighted by Gasteiger charge is -2.15. The zero-order valence-electron chi connectivity index (χ0n) is 11.1. The van der Waals surface area contributed by atoms with Crippen LogP contribution < -0.4 is 4.74 Å². The van der Waals surface area contributed by atoms with Crippen molar-refractivity contribution in [2.24, 2.45) is 5.92 Å². The van der Waals surface area contributed by atoms with E-state index >= 15 is 0 Å². The Kier molecular flexibility index (Phi) is 4.86. The maximum Gasteiger partial charge on any atom is 0.310 e. The highest BCUT2D eigenvalue weighted by atomic mass is 16.6. The summed E-state index contributed by atoms with van der Waals surface area (Å²) in [4.78, 5) is 21.5. The van der Waals surface area contributed by atoms with Crippen LogP contribution in [0.2, 0.25) is 0 Å². The Morgan fingerprint density at radius 3 is 2.53 bits per heavy atom. The van der Waals surface area contributed by atoms with Crippen molar-refractivity contribution < 1.29 is 19.6 Å². The minimum atomic E-state index is -0.940. The number of hydrogen-bond acceptors (Lipinski definition) is 4. The quantitative estimate of drug-likeness (QED) is 0.632. The first-order chi connectivity index (χ1) is 8.86. The molecule has 0 aliphatic heterocycles. The molecule has 0 saturated carbocycles. The molecule has 0 radical (unpaired) electrons. The van der Waals surface area contributed by atoms with Gasteiger partial charge in [-0.2, -0.15) is 0 Å². The third-order valence-electron chi connectivity index (χ3n) is 2.81. The van der Waals surface area contributed by atoms with Gasteiger partial charge in [0.1, 0.15) is 0 Å². The van der Waals surface area contributed by atoms with Gasteiger partial charge in [0.05, 0.1) is 18.0 Å². The topological polar surface area (TPSA) is 89.7 Å². The second-order valence-corrected chi connectivity index (χ2v) is 4.71. The summed E-state index contributed by atoms with van der Waals surface area (Å²) in [6.07, 6.45) is 0.469. The third kappa shape index (κ3) is 3.67. The second kappa shape index (κ2) is 6.17. The van der Waals surface area contributed by atoms with Crippen LogP contribution in [0.5, 0.6) is 5.75 Å². The zero-order chi connectivity index (χ0) is 14.6. The highest BCUT2D eigenvalue weighted by Gasteiger charge is 2.24. The molecule has 1 N–H and O–H groups in total. The monoisotopic (exact) mass is 267 g/mol. The summed E-state index contributed by atoms with van der Waals surface area (Å²) in [6, 6.07) is 4.19. The molecule has 0 aromatic heterocycles. The smallest absolute Gasteiger partial charge is 0.310 e. The number of ether oxygens (including phenoxy) is 1. The normalized spacial score (nSPS) is 12.2. The first-order valence-corrected chi connectivity index (χ1v) is 5.92. The van der Waals surface area contributed by atoms with E-state index in [1.54, 1.807) is 0 Å². The first kappa shape index (κ1) is 14.9. The lowest BCUT2D eigenvalue weighted by Crippen LogP contribution is -2.14. The molecule has 0 aliphatic carbocycles. The summed E-state index contributed by atoms with van der Waals surface area (Å²) >= 11 is 0. The molecule has 104 valence electrons. The maximum absolute atomic E-state index is 11.3. The maximum atomic E-state index is 11.3. The van der Waals surface area contributed by atoms with Gasteiger partial charge < -0.3 is 9.84 Å². The molecule has 6 heteroatoms. The average molecular weight is 267 g/mol. The van der Waals surface area contributed by atoms with Gasteiger partial charge in [0.25, 0.3) is 0 Å². The van der Waals surface area contributed by atoms with Gasteiger partial charge in [0, 0.05) is 6.07 Å². The van der Waals surface area contributed by atoms with Gasteiger partial charge >= 0.3 is 11.7 Å². The number of aliphatic carboxylic acids is 1. The van der Waals surface area contributed by atoms with E-state index in [2.05, 4.69) is 0 Å².